The van der Waals surface area contributed by atoms with Crippen molar-refractivity contribution in [3.8, 4) is 5.75 Å². The molecule has 0 spiro atoms. The van der Waals surface area contributed by atoms with Gasteiger partial charge < -0.3 is 14.5 Å². The molecule has 3 rings (SSSR count). The van der Waals surface area contributed by atoms with Gasteiger partial charge in [-0.05, 0) is 55.0 Å². The lowest BCUT2D eigenvalue weighted by molar-refractivity contribution is -0.133. The third kappa shape index (κ3) is 5.67. The van der Waals surface area contributed by atoms with Crippen molar-refractivity contribution < 1.29 is 27.5 Å². The average molecular weight is 463 g/mol. The highest BCUT2D eigenvalue weighted by Gasteiger charge is 2.33. The Labute approximate surface area is 192 Å². The van der Waals surface area contributed by atoms with Crippen LogP contribution in [0.4, 0.5) is 13.2 Å². The zero-order valence-corrected chi connectivity index (χ0v) is 19.1. The number of likely N-dealkylation sites (N-methyl/N-ethyl adjacent to an activating group) is 1. The molecule has 0 unspecified atom stereocenters. The Morgan fingerprint density at radius 2 is 1.79 bits per heavy atom. The summed E-state index contributed by atoms with van der Waals surface area (Å²) in [6.07, 6.45) is 1.80. The summed E-state index contributed by atoms with van der Waals surface area (Å²) >= 11 is 0. The van der Waals surface area contributed by atoms with Gasteiger partial charge in [-0.25, -0.2) is 13.2 Å². The van der Waals surface area contributed by atoms with E-state index in [9.17, 15) is 22.8 Å². The molecule has 0 bridgehead atoms. The first kappa shape index (κ1) is 24.6. The number of amides is 2. The zero-order valence-electron chi connectivity index (χ0n) is 19.1. The Kier molecular flexibility index (Phi) is 8.00. The van der Waals surface area contributed by atoms with Crippen LogP contribution in [0.3, 0.4) is 0 Å². The summed E-state index contributed by atoms with van der Waals surface area (Å²) in [5.74, 6) is -2.10. The molecular formula is C25H29F3N2O3. The van der Waals surface area contributed by atoms with Gasteiger partial charge in [-0.3, -0.25) is 9.59 Å². The second-order valence-electron chi connectivity index (χ2n) is 8.34. The molecule has 1 fully saturated rings. The Morgan fingerprint density at radius 1 is 1.09 bits per heavy atom. The van der Waals surface area contributed by atoms with Crippen LogP contribution in [-0.2, 0) is 11.2 Å². The maximum atomic E-state index is 14.3. The number of piperidine rings is 1. The second kappa shape index (κ2) is 10.7. The molecule has 5 nitrogen and oxygen atoms in total. The van der Waals surface area contributed by atoms with Crippen molar-refractivity contribution in [1.82, 2.24) is 9.80 Å². The van der Waals surface area contributed by atoms with E-state index < -0.39 is 17.5 Å². The van der Waals surface area contributed by atoms with Gasteiger partial charge in [0.2, 0.25) is 5.91 Å². The monoisotopic (exact) mass is 462 g/mol. The number of hydrogen-bond acceptors (Lipinski definition) is 3. The highest BCUT2D eigenvalue weighted by molar-refractivity contribution is 5.94. The quantitative estimate of drug-likeness (QED) is 0.611. The first-order valence-electron chi connectivity index (χ1n) is 11.1. The van der Waals surface area contributed by atoms with Gasteiger partial charge in [0.05, 0.1) is 7.11 Å². The lowest BCUT2D eigenvalue weighted by Gasteiger charge is -2.40. The fourth-order valence-electron chi connectivity index (χ4n) is 4.44. The predicted octanol–water partition coefficient (Wildman–Crippen LogP) is 4.44. The van der Waals surface area contributed by atoms with Crippen LogP contribution in [0.1, 0.15) is 42.1 Å². The summed E-state index contributed by atoms with van der Waals surface area (Å²) in [6.45, 7) is 2.64. The number of rotatable bonds is 7. The number of likely N-dealkylation sites (tertiary alicyclic amines) is 1. The summed E-state index contributed by atoms with van der Waals surface area (Å²) in [5.41, 5.74) is 0.597. The van der Waals surface area contributed by atoms with Crippen LogP contribution in [0.5, 0.6) is 5.75 Å². The molecule has 1 saturated heterocycles. The van der Waals surface area contributed by atoms with Gasteiger partial charge >= 0.3 is 0 Å². The SMILES string of the molecule is CCC(=O)N(C)[C@H](Cc1ccc(F)cc1F)C1CCN(C(=O)c2ccc(OC)c(F)c2)CC1. The molecule has 1 aliphatic heterocycles. The summed E-state index contributed by atoms with van der Waals surface area (Å²) in [6, 6.07) is 7.32. The Morgan fingerprint density at radius 3 is 2.36 bits per heavy atom. The number of benzene rings is 2. The number of ether oxygens (including phenoxy) is 1. The molecule has 2 aromatic carbocycles. The van der Waals surface area contributed by atoms with E-state index in [1.807, 2.05) is 0 Å². The minimum absolute atomic E-state index is 0.0339. The summed E-state index contributed by atoms with van der Waals surface area (Å²) in [7, 11) is 3.06. The fraction of sp³-hybridized carbons (Fsp3) is 0.440. The zero-order chi connectivity index (χ0) is 24.1. The minimum Gasteiger partial charge on any atom is -0.494 e. The highest BCUT2D eigenvalue weighted by atomic mass is 19.1. The number of hydrogen-bond donors (Lipinski definition) is 0. The minimum atomic E-state index is -0.646. The van der Waals surface area contributed by atoms with E-state index >= 15 is 0 Å². The van der Waals surface area contributed by atoms with Gasteiger partial charge in [-0.1, -0.05) is 13.0 Å². The topological polar surface area (TPSA) is 49.9 Å². The van der Waals surface area contributed by atoms with E-state index in [1.165, 1.54) is 37.4 Å². The van der Waals surface area contributed by atoms with Crippen LogP contribution in [0.25, 0.3) is 0 Å². The van der Waals surface area contributed by atoms with E-state index in [1.54, 1.807) is 23.8 Å². The van der Waals surface area contributed by atoms with Crippen LogP contribution in [0.2, 0.25) is 0 Å². The van der Waals surface area contributed by atoms with Gasteiger partial charge in [0.25, 0.3) is 5.91 Å². The second-order valence-corrected chi connectivity index (χ2v) is 8.34. The molecule has 2 aromatic rings. The molecular weight excluding hydrogens is 433 g/mol. The third-order valence-electron chi connectivity index (χ3n) is 6.41. The molecule has 0 saturated carbocycles. The van der Waals surface area contributed by atoms with Crippen molar-refractivity contribution in [1.29, 1.82) is 0 Å². The number of carbonyl (C=O) groups excluding carboxylic acids is 2. The lowest BCUT2D eigenvalue weighted by atomic mass is 9.84. The average Bonchev–Trinajstić information content (AvgIpc) is 2.82. The third-order valence-corrected chi connectivity index (χ3v) is 6.41. The maximum Gasteiger partial charge on any atom is 0.253 e. The highest BCUT2D eigenvalue weighted by Crippen LogP contribution is 2.29. The van der Waals surface area contributed by atoms with Crippen molar-refractivity contribution >= 4 is 11.8 Å². The maximum absolute atomic E-state index is 14.3. The molecule has 2 amide bonds. The molecule has 1 atom stereocenters. The Bertz CT molecular complexity index is 1010. The van der Waals surface area contributed by atoms with E-state index in [-0.39, 0.29) is 41.5 Å². The van der Waals surface area contributed by atoms with Gasteiger partial charge in [-0.2, -0.15) is 0 Å². The van der Waals surface area contributed by atoms with Crippen molar-refractivity contribution in [3.63, 3.8) is 0 Å². The van der Waals surface area contributed by atoms with Crippen molar-refractivity contribution in [3.05, 3.63) is 65.0 Å². The van der Waals surface area contributed by atoms with Crippen molar-refractivity contribution in [2.75, 3.05) is 27.2 Å². The first-order valence-corrected chi connectivity index (χ1v) is 11.1. The van der Waals surface area contributed by atoms with Gasteiger partial charge in [-0.15, -0.1) is 0 Å². The Hall–Kier alpha value is -3.03. The smallest absolute Gasteiger partial charge is 0.253 e. The van der Waals surface area contributed by atoms with E-state index in [4.69, 9.17) is 4.74 Å². The molecule has 8 heteroatoms. The molecule has 1 heterocycles. The molecule has 1 aliphatic rings. The van der Waals surface area contributed by atoms with E-state index in [2.05, 4.69) is 0 Å². The molecule has 0 aromatic heterocycles. The molecule has 178 valence electrons. The largest absolute Gasteiger partial charge is 0.494 e. The lowest BCUT2D eigenvalue weighted by Crippen LogP contribution is -2.48. The number of carbonyl (C=O) groups is 2. The summed E-state index contributed by atoms with van der Waals surface area (Å²) < 4.78 is 46.6. The Balaban J connectivity index is 1.73. The molecule has 33 heavy (non-hydrogen) atoms. The van der Waals surface area contributed by atoms with E-state index in [0.29, 0.717) is 37.9 Å². The fourth-order valence-corrected chi connectivity index (χ4v) is 4.44. The van der Waals surface area contributed by atoms with Crippen molar-refractivity contribution in [2.24, 2.45) is 5.92 Å². The van der Waals surface area contributed by atoms with Crippen LogP contribution in [-0.4, -0.2) is 54.9 Å². The standard InChI is InChI=1S/C25H29F3N2O3/c1-4-24(31)29(2)22(14-17-5-7-19(26)15-20(17)27)16-9-11-30(12-10-16)25(32)18-6-8-23(33-3)21(28)13-18/h5-8,13,15-16,22H,4,9-12,14H2,1-3H3/t22-/m1/s1. The van der Waals surface area contributed by atoms with Gasteiger partial charge in [0, 0.05) is 44.2 Å². The van der Waals surface area contributed by atoms with E-state index in [0.717, 1.165) is 6.07 Å². The van der Waals surface area contributed by atoms with Crippen molar-refractivity contribution in [2.45, 2.75) is 38.6 Å². The predicted molar refractivity (Wildman–Crippen MR) is 118 cm³/mol. The van der Waals surface area contributed by atoms with Crippen LogP contribution in [0, 0.1) is 23.4 Å². The number of nitrogens with zero attached hydrogens (tertiary/aromatic N) is 2. The van der Waals surface area contributed by atoms with Gasteiger partial charge in [0.1, 0.15) is 11.6 Å². The normalized spacial score (nSPS) is 15.3. The van der Waals surface area contributed by atoms with Crippen LogP contribution in [0.15, 0.2) is 36.4 Å². The summed E-state index contributed by atoms with van der Waals surface area (Å²) in [5, 5.41) is 0. The van der Waals surface area contributed by atoms with Crippen LogP contribution >= 0.6 is 0 Å². The molecule has 0 radical (unpaired) electrons. The van der Waals surface area contributed by atoms with Gasteiger partial charge in [0.15, 0.2) is 11.6 Å². The molecule has 0 aliphatic carbocycles. The molecule has 0 N–H and O–H groups in total. The summed E-state index contributed by atoms with van der Waals surface area (Å²) in [4.78, 5) is 28.6. The first-order chi connectivity index (χ1) is 15.7. The number of methoxy groups -OCH3 is 1. The van der Waals surface area contributed by atoms with Crippen LogP contribution < -0.4 is 4.74 Å². The number of halogens is 3.